The van der Waals surface area contributed by atoms with E-state index in [0.29, 0.717) is 11.3 Å². The molecule has 6 nitrogen and oxygen atoms in total. The Morgan fingerprint density at radius 1 is 1.47 bits per heavy atom. The van der Waals surface area contributed by atoms with Crippen LogP contribution < -0.4 is 15.2 Å². The van der Waals surface area contributed by atoms with E-state index in [9.17, 15) is 13.2 Å². The molecule has 1 fully saturated rings. The average Bonchev–Trinajstić information content (AvgIpc) is 3.18. The number of ether oxygens (including phenoxy) is 1. The number of benzene rings is 1. The lowest BCUT2D eigenvalue weighted by atomic mass is 10.2. The summed E-state index contributed by atoms with van der Waals surface area (Å²) in [5, 5.41) is 7.84. The molecule has 0 bridgehead atoms. The first-order chi connectivity index (χ1) is 8.91. The number of hydrogen-bond donors (Lipinski definition) is 2. The summed E-state index contributed by atoms with van der Waals surface area (Å²) >= 11 is 0. The molecule has 2 rings (SSSR count). The van der Waals surface area contributed by atoms with E-state index in [1.54, 1.807) is 0 Å². The third-order valence-electron chi connectivity index (χ3n) is 2.98. The van der Waals surface area contributed by atoms with E-state index in [1.807, 2.05) is 0 Å². The summed E-state index contributed by atoms with van der Waals surface area (Å²) in [4.78, 5) is 11.6. The molecule has 0 radical (unpaired) electrons. The molecular formula is C12H16N2O4S. The van der Waals surface area contributed by atoms with Gasteiger partial charge in [-0.05, 0) is 31.0 Å². The summed E-state index contributed by atoms with van der Waals surface area (Å²) < 4.78 is 27.7. The van der Waals surface area contributed by atoms with Gasteiger partial charge in [-0.25, -0.2) is 13.6 Å². The number of sulfonamides is 1. The Balaban J connectivity index is 2.18. The fourth-order valence-electron chi connectivity index (χ4n) is 1.74. The molecule has 1 aromatic carbocycles. The topological polar surface area (TPSA) is 98.5 Å². The number of hydrogen-bond acceptors (Lipinski definition) is 4. The summed E-state index contributed by atoms with van der Waals surface area (Å²) in [6, 6.07) is 4.32. The number of methoxy groups -OCH3 is 1. The predicted octanol–water partition coefficient (Wildman–Crippen LogP) is 0.369. The van der Waals surface area contributed by atoms with E-state index in [0.717, 1.165) is 12.8 Å². The highest BCUT2D eigenvalue weighted by Crippen LogP contribution is 2.29. The lowest BCUT2D eigenvalue weighted by Gasteiger charge is -2.11. The van der Waals surface area contributed by atoms with Crippen molar-refractivity contribution in [1.29, 1.82) is 0 Å². The van der Waals surface area contributed by atoms with E-state index in [2.05, 4.69) is 5.32 Å². The van der Waals surface area contributed by atoms with Crippen LogP contribution in [0.2, 0.25) is 0 Å². The van der Waals surface area contributed by atoms with Gasteiger partial charge in [0.25, 0.3) is 0 Å². The van der Waals surface area contributed by atoms with Crippen LogP contribution >= 0.6 is 0 Å². The van der Waals surface area contributed by atoms with Crippen molar-refractivity contribution in [3.05, 3.63) is 23.8 Å². The monoisotopic (exact) mass is 284 g/mol. The lowest BCUT2D eigenvalue weighted by Crippen LogP contribution is -2.24. The second kappa shape index (κ2) is 5.18. The number of rotatable bonds is 5. The van der Waals surface area contributed by atoms with E-state index in [-0.39, 0.29) is 23.3 Å². The van der Waals surface area contributed by atoms with Crippen LogP contribution in [0.5, 0.6) is 5.75 Å². The SMILES string of the molecule is COc1ccc(S(N)(=O)=O)cc1CNC(=O)C1CC1. The van der Waals surface area contributed by atoms with Crippen molar-refractivity contribution >= 4 is 15.9 Å². The standard InChI is InChI=1S/C12H16N2O4S/c1-18-11-5-4-10(19(13,16)17)6-9(11)7-14-12(15)8-2-3-8/h4-6,8H,2-3,7H2,1H3,(H,14,15)(H2,13,16,17). The number of carbonyl (C=O) groups excluding carboxylic acids is 1. The largest absolute Gasteiger partial charge is 0.496 e. The number of nitrogens with one attached hydrogen (secondary N) is 1. The molecular weight excluding hydrogens is 268 g/mol. The lowest BCUT2D eigenvalue weighted by molar-refractivity contribution is -0.122. The molecule has 19 heavy (non-hydrogen) atoms. The van der Waals surface area contributed by atoms with Gasteiger partial charge in [-0.3, -0.25) is 4.79 Å². The zero-order valence-electron chi connectivity index (χ0n) is 10.5. The molecule has 0 aliphatic heterocycles. The smallest absolute Gasteiger partial charge is 0.238 e. The Labute approximate surface area is 112 Å². The third-order valence-corrected chi connectivity index (χ3v) is 3.89. The van der Waals surface area contributed by atoms with Crippen molar-refractivity contribution in [3.8, 4) is 5.75 Å². The summed E-state index contributed by atoms with van der Waals surface area (Å²) in [5.74, 6) is 0.610. The first-order valence-electron chi connectivity index (χ1n) is 5.89. The second-order valence-corrected chi connectivity index (χ2v) is 6.07. The summed E-state index contributed by atoms with van der Waals surface area (Å²) in [5.41, 5.74) is 0.586. The van der Waals surface area contributed by atoms with Crippen LogP contribution in [0.4, 0.5) is 0 Å². The minimum absolute atomic E-state index is 0.00368. The van der Waals surface area contributed by atoms with Gasteiger partial charge in [-0.15, -0.1) is 0 Å². The van der Waals surface area contributed by atoms with Gasteiger partial charge < -0.3 is 10.1 Å². The molecule has 3 N–H and O–H groups in total. The van der Waals surface area contributed by atoms with Crippen LogP contribution in [0, 0.1) is 5.92 Å². The van der Waals surface area contributed by atoms with Crippen molar-refractivity contribution in [1.82, 2.24) is 5.32 Å². The van der Waals surface area contributed by atoms with Crippen molar-refractivity contribution in [2.45, 2.75) is 24.3 Å². The maximum atomic E-state index is 11.6. The van der Waals surface area contributed by atoms with Gasteiger partial charge in [0.1, 0.15) is 5.75 Å². The molecule has 1 saturated carbocycles. The zero-order chi connectivity index (χ0) is 14.0. The van der Waals surface area contributed by atoms with Gasteiger partial charge in [-0.2, -0.15) is 0 Å². The molecule has 0 aromatic heterocycles. The molecule has 1 amide bonds. The Morgan fingerprint density at radius 2 is 2.16 bits per heavy atom. The third kappa shape index (κ3) is 3.45. The first-order valence-corrected chi connectivity index (χ1v) is 7.44. The van der Waals surface area contributed by atoms with E-state index < -0.39 is 10.0 Å². The Bertz CT molecular complexity index is 594. The normalized spacial score (nSPS) is 15.1. The second-order valence-electron chi connectivity index (χ2n) is 4.51. The minimum Gasteiger partial charge on any atom is -0.496 e. The number of nitrogens with two attached hydrogens (primary N) is 1. The molecule has 0 saturated heterocycles. The van der Waals surface area contributed by atoms with Crippen LogP contribution in [-0.4, -0.2) is 21.4 Å². The van der Waals surface area contributed by atoms with Gasteiger partial charge in [0.2, 0.25) is 15.9 Å². The van der Waals surface area contributed by atoms with Crippen molar-refractivity contribution in [2.24, 2.45) is 11.1 Å². The molecule has 0 atom stereocenters. The molecule has 1 aromatic rings. The van der Waals surface area contributed by atoms with E-state index in [4.69, 9.17) is 9.88 Å². The molecule has 1 aliphatic carbocycles. The first kappa shape index (κ1) is 13.8. The fraction of sp³-hybridized carbons (Fsp3) is 0.417. The predicted molar refractivity (Wildman–Crippen MR) is 68.9 cm³/mol. The van der Waals surface area contributed by atoms with Gasteiger partial charge >= 0.3 is 0 Å². The molecule has 0 spiro atoms. The molecule has 0 heterocycles. The number of primary sulfonamides is 1. The summed E-state index contributed by atoms with van der Waals surface area (Å²) in [6.07, 6.45) is 1.83. The molecule has 0 unspecified atom stereocenters. The van der Waals surface area contributed by atoms with Gasteiger partial charge in [0.05, 0.1) is 12.0 Å². The van der Waals surface area contributed by atoms with Crippen LogP contribution in [0.3, 0.4) is 0 Å². The summed E-state index contributed by atoms with van der Waals surface area (Å²) in [7, 11) is -2.28. The van der Waals surface area contributed by atoms with Crippen molar-refractivity contribution in [3.63, 3.8) is 0 Å². The fourth-order valence-corrected chi connectivity index (χ4v) is 2.31. The summed E-state index contributed by atoms with van der Waals surface area (Å²) in [6.45, 7) is 0.224. The van der Waals surface area contributed by atoms with Crippen LogP contribution in [-0.2, 0) is 21.4 Å². The van der Waals surface area contributed by atoms with Crippen molar-refractivity contribution in [2.75, 3.05) is 7.11 Å². The Morgan fingerprint density at radius 3 is 2.68 bits per heavy atom. The van der Waals surface area contributed by atoms with Gasteiger partial charge in [-0.1, -0.05) is 0 Å². The maximum absolute atomic E-state index is 11.6. The molecule has 104 valence electrons. The minimum atomic E-state index is -3.76. The average molecular weight is 284 g/mol. The Kier molecular flexibility index (Phi) is 3.77. The van der Waals surface area contributed by atoms with Gasteiger partial charge in [0.15, 0.2) is 0 Å². The number of amides is 1. The Hall–Kier alpha value is -1.60. The van der Waals surface area contributed by atoms with Crippen molar-refractivity contribution < 1.29 is 17.9 Å². The van der Waals surface area contributed by atoms with Crippen LogP contribution in [0.1, 0.15) is 18.4 Å². The maximum Gasteiger partial charge on any atom is 0.238 e. The van der Waals surface area contributed by atoms with E-state index >= 15 is 0 Å². The highest BCUT2D eigenvalue weighted by atomic mass is 32.2. The molecule has 1 aliphatic rings. The quantitative estimate of drug-likeness (QED) is 0.816. The molecule has 7 heteroatoms. The van der Waals surface area contributed by atoms with Crippen LogP contribution in [0.25, 0.3) is 0 Å². The zero-order valence-corrected chi connectivity index (χ0v) is 11.4. The number of carbonyl (C=O) groups is 1. The van der Waals surface area contributed by atoms with Gasteiger partial charge in [0, 0.05) is 18.0 Å². The highest BCUT2D eigenvalue weighted by molar-refractivity contribution is 7.89. The van der Waals surface area contributed by atoms with Crippen LogP contribution in [0.15, 0.2) is 23.1 Å². The van der Waals surface area contributed by atoms with E-state index in [1.165, 1.54) is 25.3 Å². The highest BCUT2D eigenvalue weighted by Gasteiger charge is 2.29.